The fraction of sp³-hybridized carbons (Fsp3) is 1.00. The van der Waals surface area contributed by atoms with Crippen molar-refractivity contribution in [1.29, 1.82) is 0 Å². The van der Waals surface area contributed by atoms with Gasteiger partial charge in [-0.25, -0.2) is 0 Å². The second kappa shape index (κ2) is 4.04. The van der Waals surface area contributed by atoms with Crippen LogP contribution in [0.15, 0.2) is 0 Å². The van der Waals surface area contributed by atoms with Crippen molar-refractivity contribution in [2.75, 3.05) is 13.2 Å². The fourth-order valence-corrected chi connectivity index (χ4v) is 2.99. The van der Waals surface area contributed by atoms with Crippen LogP contribution in [0.5, 0.6) is 0 Å². The fourth-order valence-electron chi connectivity index (χ4n) is 2.99. The summed E-state index contributed by atoms with van der Waals surface area (Å²) in [6, 6.07) is 0.273. The van der Waals surface area contributed by atoms with Gasteiger partial charge in [-0.1, -0.05) is 6.42 Å². The predicted octanol–water partition coefficient (Wildman–Crippen LogP) is 1.45. The van der Waals surface area contributed by atoms with Gasteiger partial charge in [0.2, 0.25) is 0 Å². The van der Waals surface area contributed by atoms with Crippen LogP contribution in [0.25, 0.3) is 0 Å². The van der Waals surface area contributed by atoms with Crippen molar-refractivity contribution in [3.05, 3.63) is 0 Å². The number of piperidine rings is 1. The number of nitrogens with one attached hydrogen (secondary N) is 1. The lowest BCUT2D eigenvalue weighted by Crippen LogP contribution is -2.58. The molecule has 3 heteroatoms. The molecule has 0 radical (unpaired) electrons. The summed E-state index contributed by atoms with van der Waals surface area (Å²) in [5, 5.41) is 14.2. The molecule has 2 unspecified atom stereocenters. The summed E-state index contributed by atoms with van der Waals surface area (Å²) in [7, 11) is 0. The largest absolute Gasteiger partial charge is 0.388 e. The van der Waals surface area contributed by atoms with E-state index in [2.05, 4.69) is 19.2 Å². The van der Waals surface area contributed by atoms with E-state index in [9.17, 15) is 5.11 Å². The molecular weight excluding hydrogens is 190 g/mol. The SMILES string of the molecule is CC1(C)CC(O)(C2CCCCN2)CCO1. The Hall–Kier alpha value is -0.120. The van der Waals surface area contributed by atoms with E-state index in [1.165, 1.54) is 12.8 Å². The molecular formula is C12H23NO2. The van der Waals surface area contributed by atoms with Crippen LogP contribution in [-0.2, 0) is 4.74 Å². The molecule has 15 heavy (non-hydrogen) atoms. The van der Waals surface area contributed by atoms with Gasteiger partial charge in [-0.3, -0.25) is 0 Å². The van der Waals surface area contributed by atoms with Gasteiger partial charge in [0.1, 0.15) is 0 Å². The normalized spacial score (nSPS) is 41.4. The third-order valence-electron chi connectivity index (χ3n) is 3.72. The third kappa shape index (κ3) is 2.52. The van der Waals surface area contributed by atoms with Crippen LogP contribution in [-0.4, -0.2) is 35.5 Å². The Labute approximate surface area is 92.2 Å². The van der Waals surface area contributed by atoms with Gasteiger partial charge in [0.25, 0.3) is 0 Å². The average molecular weight is 213 g/mol. The Kier molecular flexibility index (Phi) is 3.06. The standard InChI is InChI=1S/C12H23NO2/c1-11(2)9-12(14,6-8-15-11)10-5-3-4-7-13-10/h10,13-14H,3-9H2,1-2H3. The van der Waals surface area contributed by atoms with Crippen molar-refractivity contribution in [3.63, 3.8) is 0 Å². The van der Waals surface area contributed by atoms with Crippen LogP contribution < -0.4 is 5.32 Å². The molecule has 2 rings (SSSR count). The molecule has 0 aromatic heterocycles. The molecule has 2 aliphatic heterocycles. The lowest BCUT2D eigenvalue weighted by atomic mass is 9.76. The molecule has 2 aliphatic rings. The van der Waals surface area contributed by atoms with Gasteiger partial charge in [0.15, 0.2) is 0 Å². The third-order valence-corrected chi connectivity index (χ3v) is 3.72. The van der Waals surface area contributed by atoms with E-state index >= 15 is 0 Å². The zero-order chi connectivity index (χ0) is 10.9. The highest BCUT2D eigenvalue weighted by Gasteiger charge is 2.44. The lowest BCUT2D eigenvalue weighted by molar-refractivity contribution is -0.158. The van der Waals surface area contributed by atoms with Gasteiger partial charge in [-0.05, 0) is 33.2 Å². The summed E-state index contributed by atoms with van der Waals surface area (Å²) < 4.78 is 5.66. The Morgan fingerprint density at radius 2 is 2.13 bits per heavy atom. The molecule has 0 aliphatic carbocycles. The van der Waals surface area contributed by atoms with Gasteiger partial charge in [0.05, 0.1) is 17.8 Å². The average Bonchev–Trinajstić information content (AvgIpc) is 2.17. The van der Waals surface area contributed by atoms with Gasteiger partial charge < -0.3 is 15.2 Å². The van der Waals surface area contributed by atoms with Crippen LogP contribution in [0.3, 0.4) is 0 Å². The van der Waals surface area contributed by atoms with E-state index in [1.807, 2.05) is 0 Å². The molecule has 0 spiro atoms. The quantitative estimate of drug-likeness (QED) is 0.692. The number of hydrogen-bond donors (Lipinski definition) is 2. The molecule has 3 nitrogen and oxygen atoms in total. The second-order valence-electron chi connectivity index (χ2n) is 5.64. The van der Waals surface area contributed by atoms with Crippen LogP contribution >= 0.6 is 0 Å². The summed E-state index contributed by atoms with van der Waals surface area (Å²) in [4.78, 5) is 0. The molecule has 0 aromatic rings. The van der Waals surface area contributed by atoms with Gasteiger partial charge in [-0.2, -0.15) is 0 Å². The molecule has 0 bridgehead atoms. The van der Waals surface area contributed by atoms with Gasteiger partial charge in [0, 0.05) is 18.9 Å². The maximum atomic E-state index is 10.7. The van der Waals surface area contributed by atoms with Crippen molar-refractivity contribution < 1.29 is 9.84 Å². The maximum absolute atomic E-state index is 10.7. The monoisotopic (exact) mass is 213 g/mol. The van der Waals surface area contributed by atoms with Crippen molar-refractivity contribution in [3.8, 4) is 0 Å². The molecule has 0 amide bonds. The minimum Gasteiger partial charge on any atom is -0.388 e. The van der Waals surface area contributed by atoms with E-state index in [-0.39, 0.29) is 11.6 Å². The number of ether oxygens (including phenoxy) is 1. The number of rotatable bonds is 1. The molecule has 2 N–H and O–H groups in total. The first-order valence-corrected chi connectivity index (χ1v) is 6.12. The Balaban J connectivity index is 2.04. The van der Waals surface area contributed by atoms with Crippen LogP contribution in [0.2, 0.25) is 0 Å². The van der Waals surface area contributed by atoms with Crippen molar-refractivity contribution in [2.45, 2.75) is 63.2 Å². The Bertz CT molecular complexity index is 224. The van der Waals surface area contributed by atoms with E-state index < -0.39 is 5.60 Å². The Morgan fingerprint density at radius 3 is 2.73 bits per heavy atom. The first-order valence-electron chi connectivity index (χ1n) is 6.12. The zero-order valence-electron chi connectivity index (χ0n) is 9.88. The predicted molar refractivity (Wildman–Crippen MR) is 59.9 cm³/mol. The summed E-state index contributed by atoms with van der Waals surface area (Å²) >= 11 is 0. The van der Waals surface area contributed by atoms with Crippen molar-refractivity contribution in [2.24, 2.45) is 0 Å². The minimum atomic E-state index is -0.553. The highest BCUT2D eigenvalue weighted by Crippen LogP contribution is 2.36. The van der Waals surface area contributed by atoms with Crippen LogP contribution in [0.4, 0.5) is 0 Å². The summed E-state index contributed by atoms with van der Waals surface area (Å²) in [6.07, 6.45) is 5.10. The summed E-state index contributed by atoms with van der Waals surface area (Å²) in [5.74, 6) is 0. The van der Waals surface area contributed by atoms with E-state index in [0.717, 1.165) is 25.8 Å². The summed E-state index contributed by atoms with van der Waals surface area (Å²) in [5.41, 5.74) is -0.728. The first kappa shape index (κ1) is 11.4. The van der Waals surface area contributed by atoms with Crippen LogP contribution in [0, 0.1) is 0 Å². The molecule has 2 saturated heterocycles. The first-order chi connectivity index (χ1) is 7.02. The number of aliphatic hydroxyl groups is 1. The van der Waals surface area contributed by atoms with Crippen molar-refractivity contribution >= 4 is 0 Å². The maximum Gasteiger partial charge on any atom is 0.0849 e. The van der Waals surface area contributed by atoms with Gasteiger partial charge >= 0.3 is 0 Å². The molecule has 2 atom stereocenters. The van der Waals surface area contributed by atoms with E-state index in [1.54, 1.807) is 0 Å². The number of hydrogen-bond acceptors (Lipinski definition) is 3. The van der Waals surface area contributed by atoms with Gasteiger partial charge in [-0.15, -0.1) is 0 Å². The van der Waals surface area contributed by atoms with E-state index in [4.69, 9.17) is 4.74 Å². The molecule has 2 heterocycles. The lowest BCUT2D eigenvalue weighted by Gasteiger charge is -2.47. The van der Waals surface area contributed by atoms with E-state index in [0.29, 0.717) is 6.61 Å². The Morgan fingerprint density at radius 1 is 1.33 bits per heavy atom. The van der Waals surface area contributed by atoms with Crippen molar-refractivity contribution in [1.82, 2.24) is 5.32 Å². The second-order valence-corrected chi connectivity index (χ2v) is 5.64. The minimum absolute atomic E-state index is 0.174. The molecule has 0 aromatic carbocycles. The zero-order valence-corrected chi connectivity index (χ0v) is 9.88. The van der Waals surface area contributed by atoms with Crippen LogP contribution in [0.1, 0.15) is 46.0 Å². The molecule has 2 fully saturated rings. The molecule has 88 valence electrons. The highest BCUT2D eigenvalue weighted by atomic mass is 16.5. The molecule has 0 saturated carbocycles. The summed E-state index contributed by atoms with van der Waals surface area (Å²) in [6.45, 7) is 5.87. The highest BCUT2D eigenvalue weighted by molar-refractivity contribution is 4.99. The topological polar surface area (TPSA) is 41.5 Å². The smallest absolute Gasteiger partial charge is 0.0849 e.